The Kier molecular flexibility index (Phi) is 9.09. The smallest absolute Gasteiger partial charge is 0.272 e. The maximum absolute atomic E-state index is 13.3. The van der Waals surface area contributed by atoms with Gasteiger partial charge >= 0.3 is 0 Å². The Morgan fingerprint density at radius 2 is 1.51 bits per heavy atom. The minimum atomic E-state index is -0.551. The summed E-state index contributed by atoms with van der Waals surface area (Å²) in [6, 6.07) is 28.2. The summed E-state index contributed by atoms with van der Waals surface area (Å²) in [5.41, 5.74) is 3.86. The summed E-state index contributed by atoms with van der Waals surface area (Å²) < 4.78 is 0. The van der Waals surface area contributed by atoms with Gasteiger partial charge in [0.05, 0.1) is 10.9 Å². The molecule has 0 saturated carbocycles. The molecule has 4 aromatic rings. The van der Waals surface area contributed by atoms with Crippen molar-refractivity contribution in [3.05, 3.63) is 130 Å². The number of halogens is 1. The van der Waals surface area contributed by atoms with Crippen molar-refractivity contribution in [1.29, 1.82) is 0 Å². The van der Waals surface area contributed by atoms with Crippen molar-refractivity contribution in [2.24, 2.45) is 0 Å². The van der Waals surface area contributed by atoms with Gasteiger partial charge in [0.1, 0.15) is 5.70 Å². The summed E-state index contributed by atoms with van der Waals surface area (Å²) in [6.45, 7) is 3.77. The van der Waals surface area contributed by atoms with Crippen LogP contribution >= 0.6 is 23.4 Å². The largest absolute Gasteiger partial charge is 0.321 e. The van der Waals surface area contributed by atoms with Gasteiger partial charge in [-0.25, -0.2) is 4.90 Å². The molecule has 4 amide bonds. The quantitative estimate of drug-likeness (QED) is 0.169. The highest BCUT2D eigenvalue weighted by molar-refractivity contribution is 8.00. The molecule has 1 saturated heterocycles. The molecule has 1 aliphatic heterocycles. The first kappa shape index (κ1) is 29.8. The Bertz CT molecular complexity index is 1720. The summed E-state index contributed by atoms with van der Waals surface area (Å²) in [5.74, 6) is -1.44. The molecule has 0 aliphatic carbocycles. The van der Waals surface area contributed by atoms with E-state index >= 15 is 0 Å². The van der Waals surface area contributed by atoms with E-state index in [9.17, 15) is 19.2 Å². The molecule has 7 nitrogen and oxygen atoms in total. The third-order valence-corrected chi connectivity index (χ3v) is 8.43. The summed E-state index contributed by atoms with van der Waals surface area (Å²) in [7, 11) is 0. The van der Waals surface area contributed by atoms with Crippen LogP contribution in [0.5, 0.6) is 0 Å². The molecule has 2 N–H and O–H groups in total. The lowest BCUT2D eigenvalue weighted by Gasteiger charge is -2.19. The molecule has 0 radical (unpaired) electrons. The van der Waals surface area contributed by atoms with Crippen LogP contribution in [0.2, 0.25) is 5.02 Å². The zero-order valence-corrected chi connectivity index (χ0v) is 25.0. The fraction of sp³-hybridized carbons (Fsp3) is 0.118. The monoisotopic (exact) mass is 609 g/mol. The Morgan fingerprint density at radius 3 is 2.19 bits per heavy atom. The SMILES string of the molecule is Cc1cccc(C)c1N1C(=O)CC(Sc2ccc(NC(=O)/C(=C/c3ccccc3Cl)NC(=O)c3ccccc3)cc2)C1=O. The Balaban J connectivity index is 1.30. The number of anilines is 2. The third kappa shape index (κ3) is 6.88. The van der Waals surface area contributed by atoms with Gasteiger partial charge in [-0.3, -0.25) is 19.2 Å². The number of aryl methyl sites for hydroxylation is 2. The van der Waals surface area contributed by atoms with Crippen LogP contribution < -0.4 is 15.5 Å². The molecule has 5 rings (SSSR count). The van der Waals surface area contributed by atoms with Crippen molar-refractivity contribution in [3.8, 4) is 0 Å². The molecule has 0 spiro atoms. The number of nitrogens with one attached hydrogen (secondary N) is 2. The van der Waals surface area contributed by atoms with E-state index in [1.54, 1.807) is 78.9 Å². The lowest BCUT2D eigenvalue weighted by molar-refractivity contribution is -0.121. The number of para-hydroxylation sites is 1. The van der Waals surface area contributed by atoms with E-state index in [1.807, 2.05) is 32.0 Å². The van der Waals surface area contributed by atoms with Crippen molar-refractivity contribution in [3.63, 3.8) is 0 Å². The first-order chi connectivity index (χ1) is 20.7. The first-order valence-corrected chi connectivity index (χ1v) is 14.8. The van der Waals surface area contributed by atoms with Crippen LogP contribution in [-0.4, -0.2) is 28.9 Å². The van der Waals surface area contributed by atoms with E-state index in [-0.39, 0.29) is 23.9 Å². The number of rotatable bonds is 8. The van der Waals surface area contributed by atoms with Crippen LogP contribution in [0.25, 0.3) is 6.08 Å². The normalized spacial score (nSPS) is 15.0. The summed E-state index contributed by atoms with van der Waals surface area (Å²) in [4.78, 5) is 54.4. The topological polar surface area (TPSA) is 95.6 Å². The molecule has 0 aromatic heterocycles. The lowest BCUT2D eigenvalue weighted by atomic mass is 10.1. The summed E-state index contributed by atoms with van der Waals surface area (Å²) in [6.07, 6.45) is 1.63. The zero-order valence-electron chi connectivity index (χ0n) is 23.5. The Hall–Kier alpha value is -4.66. The molecule has 1 aliphatic rings. The Labute approximate surface area is 258 Å². The second-order valence-corrected chi connectivity index (χ2v) is 11.7. The van der Waals surface area contributed by atoms with Gasteiger partial charge < -0.3 is 10.6 Å². The van der Waals surface area contributed by atoms with Gasteiger partial charge in [0.2, 0.25) is 11.8 Å². The highest BCUT2D eigenvalue weighted by Crippen LogP contribution is 2.36. The van der Waals surface area contributed by atoms with Gasteiger partial charge in [0.25, 0.3) is 11.8 Å². The van der Waals surface area contributed by atoms with Gasteiger partial charge in [0, 0.05) is 27.6 Å². The summed E-state index contributed by atoms with van der Waals surface area (Å²) >= 11 is 7.62. The fourth-order valence-corrected chi connectivity index (χ4v) is 6.00. The van der Waals surface area contributed by atoms with Gasteiger partial charge in [0.15, 0.2) is 0 Å². The second-order valence-electron chi connectivity index (χ2n) is 10.00. The van der Waals surface area contributed by atoms with Crippen LogP contribution in [0.3, 0.4) is 0 Å². The number of hydrogen-bond donors (Lipinski definition) is 2. The predicted molar refractivity (Wildman–Crippen MR) is 171 cm³/mol. The fourth-order valence-electron chi connectivity index (χ4n) is 4.76. The Morgan fingerprint density at radius 1 is 0.860 bits per heavy atom. The molecule has 1 fully saturated rings. The van der Waals surface area contributed by atoms with E-state index in [4.69, 9.17) is 11.6 Å². The van der Waals surface area contributed by atoms with Gasteiger partial charge in [-0.15, -0.1) is 11.8 Å². The van der Waals surface area contributed by atoms with Crippen LogP contribution in [0.15, 0.2) is 108 Å². The van der Waals surface area contributed by atoms with Crippen molar-refractivity contribution in [1.82, 2.24) is 5.32 Å². The highest BCUT2D eigenvalue weighted by atomic mass is 35.5. The average Bonchev–Trinajstić information content (AvgIpc) is 3.27. The molecule has 216 valence electrons. The van der Waals surface area contributed by atoms with E-state index < -0.39 is 17.1 Å². The molecular weight excluding hydrogens is 582 g/mol. The van der Waals surface area contributed by atoms with Crippen LogP contribution in [0, 0.1) is 13.8 Å². The van der Waals surface area contributed by atoms with Gasteiger partial charge in [-0.2, -0.15) is 0 Å². The molecule has 1 atom stereocenters. The number of carbonyl (C=O) groups is 4. The third-order valence-electron chi connectivity index (χ3n) is 6.89. The van der Waals surface area contributed by atoms with Crippen LogP contribution in [0.1, 0.15) is 33.5 Å². The predicted octanol–water partition coefficient (Wildman–Crippen LogP) is 6.79. The van der Waals surface area contributed by atoms with Crippen molar-refractivity contribution < 1.29 is 19.2 Å². The molecule has 1 unspecified atom stereocenters. The van der Waals surface area contributed by atoms with Gasteiger partial charge in [-0.05, 0) is 79.1 Å². The number of hydrogen-bond acceptors (Lipinski definition) is 5. The maximum Gasteiger partial charge on any atom is 0.272 e. The first-order valence-electron chi connectivity index (χ1n) is 13.5. The maximum atomic E-state index is 13.3. The zero-order chi connectivity index (χ0) is 30.5. The molecular formula is C34H28ClN3O4S. The van der Waals surface area contributed by atoms with E-state index in [2.05, 4.69) is 10.6 Å². The standard InChI is InChI=1S/C34H28ClN3O4S/c1-21-9-8-10-22(2)31(21)38-30(39)20-29(34(38)42)43-26-17-15-25(16-18-26)36-33(41)28(19-24-13-6-7-14-27(24)35)37-32(40)23-11-4-3-5-12-23/h3-19,29H,20H2,1-2H3,(H,36,41)(H,37,40)/b28-19-. The molecule has 4 aromatic carbocycles. The average molecular weight is 610 g/mol. The minimum absolute atomic E-state index is 0.0158. The second kappa shape index (κ2) is 13.1. The van der Waals surface area contributed by atoms with E-state index in [0.717, 1.165) is 16.0 Å². The van der Waals surface area contributed by atoms with E-state index in [0.29, 0.717) is 27.5 Å². The van der Waals surface area contributed by atoms with Crippen LogP contribution in [-0.2, 0) is 14.4 Å². The minimum Gasteiger partial charge on any atom is -0.321 e. The van der Waals surface area contributed by atoms with E-state index in [1.165, 1.54) is 22.7 Å². The number of thioether (sulfide) groups is 1. The number of amides is 4. The van der Waals surface area contributed by atoms with Gasteiger partial charge in [-0.1, -0.05) is 66.2 Å². The highest BCUT2D eigenvalue weighted by Gasteiger charge is 2.41. The van der Waals surface area contributed by atoms with Crippen LogP contribution in [0.4, 0.5) is 11.4 Å². The number of imide groups is 1. The number of carbonyl (C=O) groups excluding carboxylic acids is 4. The number of nitrogens with zero attached hydrogens (tertiary/aromatic N) is 1. The molecule has 1 heterocycles. The molecule has 43 heavy (non-hydrogen) atoms. The van der Waals surface area contributed by atoms with Crippen molar-refractivity contribution >= 4 is 64.4 Å². The molecule has 9 heteroatoms. The van der Waals surface area contributed by atoms with Crippen molar-refractivity contribution in [2.45, 2.75) is 30.4 Å². The lowest BCUT2D eigenvalue weighted by Crippen LogP contribution is -2.32. The number of benzene rings is 4. The molecule has 0 bridgehead atoms. The summed E-state index contributed by atoms with van der Waals surface area (Å²) in [5, 5.41) is 5.39. The van der Waals surface area contributed by atoms with Crippen molar-refractivity contribution in [2.75, 3.05) is 10.2 Å².